The average molecular weight is 235 g/mol. The molecule has 0 fully saturated rings. The van der Waals surface area contributed by atoms with Gasteiger partial charge in [0.15, 0.2) is 0 Å². The van der Waals surface area contributed by atoms with Crippen LogP contribution in [0.4, 0.5) is 5.69 Å². The van der Waals surface area contributed by atoms with Crippen LogP contribution in [0.5, 0.6) is 0 Å². The predicted molar refractivity (Wildman–Crippen MR) is 70.7 cm³/mol. The number of likely N-dealkylation sites (N-methyl/N-ethyl adjacent to an activating group) is 1. The maximum absolute atomic E-state index is 11.3. The summed E-state index contributed by atoms with van der Waals surface area (Å²) in [5.41, 5.74) is 3.32. The Hall–Kier alpha value is -1.51. The van der Waals surface area contributed by atoms with E-state index < -0.39 is 12.0 Å². The number of anilines is 1. The van der Waals surface area contributed by atoms with Crippen LogP contribution < -0.4 is 4.90 Å². The lowest BCUT2D eigenvalue weighted by Gasteiger charge is -2.31. The fourth-order valence-corrected chi connectivity index (χ4v) is 2.32. The van der Waals surface area contributed by atoms with Crippen molar-refractivity contribution in [2.75, 3.05) is 11.4 Å². The highest BCUT2D eigenvalue weighted by Crippen LogP contribution is 2.27. The van der Waals surface area contributed by atoms with Gasteiger partial charge in [0.1, 0.15) is 6.04 Å². The summed E-state index contributed by atoms with van der Waals surface area (Å²) in [6.07, 6.45) is 0.608. The second kappa shape index (κ2) is 5.71. The maximum Gasteiger partial charge on any atom is 0.326 e. The molecule has 1 N–H and O–H groups in total. The molecule has 0 heterocycles. The van der Waals surface area contributed by atoms with Gasteiger partial charge in [-0.1, -0.05) is 25.1 Å². The van der Waals surface area contributed by atoms with Gasteiger partial charge in [0, 0.05) is 12.2 Å². The molecule has 1 rings (SSSR count). The SMILES string of the molecule is CC[C@H](C(=O)O)N(CC)c1c(C)cccc1C. The van der Waals surface area contributed by atoms with Crippen LogP contribution in [0.1, 0.15) is 31.4 Å². The van der Waals surface area contributed by atoms with E-state index >= 15 is 0 Å². The first-order valence-corrected chi connectivity index (χ1v) is 6.08. The molecule has 0 aliphatic rings. The minimum Gasteiger partial charge on any atom is -0.480 e. The number of carboxylic acid groups (broad SMARTS) is 1. The summed E-state index contributed by atoms with van der Waals surface area (Å²) >= 11 is 0. The third kappa shape index (κ3) is 2.78. The largest absolute Gasteiger partial charge is 0.480 e. The Morgan fingerprint density at radius 1 is 1.29 bits per heavy atom. The second-order valence-electron chi connectivity index (χ2n) is 4.29. The normalized spacial score (nSPS) is 12.2. The van der Waals surface area contributed by atoms with Gasteiger partial charge in [0.25, 0.3) is 0 Å². The molecule has 0 radical (unpaired) electrons. The Morgan fingerprint density at radius 2 is 1.82 bits per heavy atom. The molecular weight excluding hydrogens is 214 g/mol. The van der Waals surface area contributed by atoms with Crippen LogP contribution in [0, 0.1) is 13.8 Å². The molecule has 3 nitrogen and oxygen atoms in total. The number of hydrogen-bond donors (Lipinski definition) is 1. The first kappa shape index (κ1) is 13.6. The van der Waals surface area contributed by atoms with Crippen molar-refractivity contribution in [1.29, 1.82) is 0 Å². The van der Waals surface area contributed by atoms with Gasteiger partial charge in [-0.15, -0.1) is 0 Å². The average Bonchev–Trinajstić information content (AvgIpc) is 2.27. The summed E-state index contributed by atoms with van der Waals surface area (Å²) in [5, 5.41) is 9.28. The third-order valence-electron chi connectivity index (χ3n) is 3.12. The quantitative estimate of drug-likeness (QED) is 0.853. The molecule has 0 aliphatic heterocycles. The molecule has 0 spiro atoms. The Balaban J connectivity index is 3.21. The lowest BCUT2D eigenvalue weighted by atomic mass is 10.0. The van der Waals surface area contributed by atoms with Crippen molar-refractivity contribution >= 4 is 11.7 Å². The van der Waals surface area contributed by atoms with Crippen molar-refractivity contribution < 1.29 is 9.90 Å². The first-order chi connectivity index (χ1) is 8.02. The Labute approximate surface area is 103 Å². The fourth-order valence-electron chi connectivity index (χ4n) is 2.32. The highest BCUT2D eigenvalue weighted by Gasteiger charge is 2.24. The molecule has 94 valence electrons. The zero-order valence-electron chi connectivity index (χ0n) is 11.0. The second-order valence-corrected chi connectivity index (χ2v) is 4.29. The molecule has 0 aromatic heterocycles. The predicted octanol–water partition coefficient (Wildman–Crippen LogP) is 2.99. The van der Waals surface area contributed by atoms with Gasteiger partial charge in [0.05, 0.1) is 0 Å². The number of hydrogen-bond acceptors (Lipinski definition) is 2. The van der Waals surface area contributed by atoms with Crippen LogP contribution in [0.2, 0.25) is 0 Å². The van der Waals surface area contributed by atoms with Crippen molar-refractivity contribution in [3.05, 3.63) is 29.3 Å². The van der Waals surface area contributed by atoms with Crippen LogP contribution >= 0.6 is 0 Å². The Bertz CT molecular complexity index is 381. The molecule has 1 aromatic rings. The zero-order valence-corrected chi connectivity index (χ0v) is 11.0. The minimum atomic E-state index is -0.753. The van der Waals surface area contributed by atoms with Gasteiger partial charge in [-0.05, 0) is 38.3 Å². The van der Waals surface area contributed by atoms with Gasteiger partial charge >= 0.3 is 5.97 Å². The molecule has 0 unspecified atom stereocenters. The van der Waals surface area contributed by atoms with Gasteiger partial charge in [-0.3, -0.25) is 0 Å². The molecule has 0 saturated heterocycles. The van der Waals surface area contributed by atoms with Gasteiger partial charge in [0.2, 0.25) is 0 Å². The monoisotopic (exact) mass is 235 g/mol. The van der Waals surface area contributed by atoms with E-state index in [1.807, 2.05) is 50.8 Å². The summed E-state index contributed by atoms with van der Waals surface area (Å²) in [4.78, 5) is 13.3. The molecule has 1 atom stereocenters. The maximum atomic E-state index is 11.3. The molecule has 0 amide bonds. The summed E-state index contributed by atoms with van der Waals surface area (Å²) < 4.78 is 0. The lowest BCUT2D eigenvalue weighted by molar-refractivity contribution is -0.138. The fraction of sp³-hybridized carbons (Fsp3) is 0.500. The Morgan fingerprint density at radius 3 is 2.18 bits per heavy atom. The number of benzene rings is 1. The molecular formula is C14H21NO2. The third-order valence-corrected chi connectivity index (χ3v) is 3.12. The lowest BCUT2D eigenvalue weighted by Crippen LogP contribution is -2.41. The molecule has 17 heavy (non-hydrogen) atoms. The Kier molecular flexibility index (Phi) is 4.55. The van der Waals surface area contributed by atoms with E-state index in [2.05, 4.69) is 0 Å². The standard InChI is InChI=1S/C14H21NO2/c1-5-12(14(16)17)15(6-2)13-10(3)8-7-9-11(13)4/h7-9,12H,5-6H2,1-4H3,(H,16,17)/t12-/m1/s1. The van der Waals surface area contributed by atoms with Crippen molar-refractivity contribution in [3.63, 3.8) is 0 Å². The summed E-state index contributed by atoms with van der Waals surface area (Å²) in [6, 6.07) is 5.61. The van der Waals surface area contributed by atoms with E-state index in [0.29, 0.717) is 13.0 Å². The highest BCUT2D eigenvalue weighted by molar-refractivity contribution is 5.79. The van der Waals surface area contributed by atoms with E-state index in [9.17, 15) is 9.90 Å². The molecule has 0 aliphatic carbocycles. The first-order valence-electron chi connectivity index (χ1n) is 6.08. The smallest absolute Gasteiger partial charge is 0.326 e. The molecule has 0 saturated carbocycles. The number of carbonyl (C=O) groups is 1. The van der Waals surface area contributed by atoms with Crippen molar-refractivity contribution in [2.45, 2.75) is 40.2 Å². The highest BCUT2D eigenvalue weighted by atomic mass is 16.4. The van der Waals surface area contributed by atoms with Crippen molar-refractivity contribution in [2.24, 2.45) is 0 Å². The molecule has 0 bridgehead atoms. The van der Waals surface area contributed by atoms with Gasteiger partial charge < -0.3 is 10.0 Å². The van der Waals surface area contributed by atoms with E-state index in [4.69, 9.17) is 0 Å². The van der Waals surface area contributed by atoms with Crippen LogP contribution in [0.25, 0.3) is 0 Å². The number of nitrogens with zero attached hydrogens (tertiary/aromatic N) is 1. The van der Waals surface area contributed by atoms with Gasteiger partial charge in [-0.25, -0.2) is 4.79 Å². The topological polar surface area (TPSA) is 40.5 Å². The van der Waals surface area contributed by atoms with E-state index in [1.54, 1.807) is 0 Å². The number of aryl methyl sites for hydroxylation is 2. The van der Waals surface area contributed by atoms with Crippen molar-refractivity contribution in [1.82, 2.24) is 0 Å². The van der Waals surface area contributed by atoms with E-state index in [-0.39, 0.29) is 0 Å². The zero-order chi connectivity index (χ0) is 13.0. The summed E-state index contributed by atoms with van der Waals surface area (Å²) in [5.74, 6) is -0.753. The van der Waals surface area contributed by atoms with E-state index in [1.165, 1.54) is 0 Å². The van der Waals surface area contributed by atoms with Crippen molar-refractivity contribution in [3.8, 4) is 0 Å². The molecule has 1 aromatic carbocycles. The summed E-state index contributed by atoms with van der Waals surface area (Å²) in [6.45, 7) is 8.67. The van der Waals surface area contributed by atoms with Crippen LogP contribution in [-0.2, 0) is 4.79 Å². The molecule has 3 heteroatoms. The number of carboxylic acids is 1. The minimum absolute atomic E-state index is 0.445. The van der Waals surface area contributed by atoms with Crippen LogP contribution in [0.3, 0.4) is 0 Å². The number of aliphatic carboxylic acids is 1. The van der Waals surface area contributed by atoms with E-state index in [0.717, 1.165) is 16.8 Å². The van der Waals surface area contributed by atoms with Crippen LogP contribution in [0.15, 0.2) is 18.2 Å². The summed E-state index contributed by atoms with van der Waals surface area (Å²) in [7, 11) is 0. The number of rotatable bonds is 5. The number of para-hydroxylation sites is 1. The van der Waals surface area contributed by atoms with Crippen LogP contribution in [-0.4, -0.2) is 23.7 Å². The van der Waals surface area contributed by atoms with Gasteiger partial charge in [-0.2, -0.15) is 0 Å².